The van der Waals surface area contributed by atoms with Crippen molar-refractivity contribution < 1.29 is 19.4 Å². The van der Waals surface area contributed by atoms with E-state index >= 15 is 0 Å². The summed E-state index contributed by atoms with van der Waals surface area (Å²) in [6.45, 7) is 3.75. The molecule has 0 spiro atoms. The molecule has 1 heterocycles. The molecular weight excluding hydrogens is 342 g/mol. The first-order valence-corrected chi connectivity index (χ1v) is 8.90. The van der Waals surface area contributed by atoms with Crippen LogP contribution in [0.25, 0.3) is 0 Å². The molecule has 1 N–H and O–H groups in total. The van der Waals surface area contributed by atoms with Crippen molar-refractivity contribution in [2.45, 2.75) is 26.4 Å². The predicted octanol–water partition coefficient (Wildman–Crippen LogP) is 3.82. The van der Waals surface area contributed by atoms with E-state index in [0.29, 0.717) is 5.75 Å². The second-order valence-electron chi connectivity index (χ2n) is 6.84. The number of nitrogens with zero attached hydrogens (tertiary/aromatic N) is 1. The van der Waals surface area contributed by atoms with E-state index in [4.69, 9.17) is 4.74 Å². The Morgan fingerprint density at radius 2 is 1.74 bits per heavy atom. The molecule has 27 heavy (non-hydrogen) atoms. The average molecular weight is 365 g/mol. The Hall–Kier alpha value is -3.08. The number of methoxy groups -OCH3 is 1. The molecule has 0 saturated carbocycles. The second kappa shape index (κ2) is 7.66. The number of aliphatic hydroxyl groups is 1. The lowest BCUT2D eigenvalue weighted by Crippen LogP contribution is -2.31. The highest BCUT2D eigenvalue weighted by molar-refractivity contribution is 6.09. The fraction of sp³-hybridized carbons (Fsp3) is 0.273. The Balaban J connectivity index is 2.07. The topological polar surface area (TPSA) is 66.8 Å². The van der Waals surface area contributed by atoms with Crippen molar-refractivity contribution in [2.24, 2.45) is 5.92 Å². The molecule has 0 fully saturated rings. The summed E-state index contributed by atoms with van der Waals surface area (Å²) < 4.78 is 5.39. The zero-order valence-electron chi connectivity index (χ0n) is 15.7. The molecule has 2 aromatic carbocycles. The van der Waals surface area contributed by atoms with Crippen molar-refractivity contribution in [3.8, 4) is 5.75 Å². The van der Waals surface area contributed by atoms with E-state index in [1.807, 2.05) is 54.6 Å². The van der Waals surface area contributed by atoms with Crippen molar-refractivity contribution >= 4 is 11.7 Å². The highest BCUT2D eigenvalue weighted by Crippen LogP contribution is 2.40. The lowest BCUT2D eigenvalue weighted by Gasteiger charge is -2.28. The van der Waals surface area contributed by atoms with Crippen LogP contribution in [0.5, 0.6) is 5.75 Å². The van der Waals surface area contributed by atoms with Gasteiger partial charge in [-0.25, -0.2) is 0 Å². The van der Waals surface area contributed by atoms with E-state index in [9.17, 15) is 14.7 Å². The number of hydrogen-bond acceptors (Lipinski definition) is 4. The molecule has 5 nitrogen and oxygen atoms in total. The van der Waals surface area contributed by atoms with Gasteiger partial charge in [-0.3, -0.25) is 9.59 Å². The summed E-state index contributed by atoms with van der Waals surface area (Å²) in [4.78, 5) is 27.2. The number of Topliss-reactive ketones (excluding diaryl/α,β-unsaturated/α-hetero) is 1. The van der Waals surface area contributed by atoms with Crippen LogP contribution in [-0.4, -0.2) is 28.8 Å². The van der Waals surface area contributed by atoms with Crippen molar-refractivity contribution in [2.75, 3.05) is 7.11 Å². The lowest BCUT2D eigenvalue weighted by atomic mass is 9.91. The Morgan fingerprint density at radius 1 is 1.11 bits per heavy atom. The fourth-order valence-electron chi connectivity index (χ4n) is 3.38. The van der Waals surface area contributed by atoms with Gasteiger partial charge in [0.05, 0.1) is 25.3 Å². The summed E-state index contributed by atoms with van der Waals surface area (Å²) in [6.07, 6.45) is 0. The minimum Gasteiger partial charge on any atom is -0.503 e. The van der Waals surface area contributed by atoms with Crippen LogP contribution in [0.4, 0.5) is 0 Å². The van der Waals surface area contributed by atoms with Gasteiger partial charge in [0.2, 0.25) is 0 Å². The predicted molar refractivity (Wildman–Crippen MR) is 102 cm³/mol. The smallest absolute Gasteiger partial charge is 0.290 e. The number of carbonyl (C=O) groups is 2. The highest BCUT2D eigenvalue weighted by Gasteiger charge is 2.44. The molecule has 0 aliphatic carbocycles. The average Bonchev–Trinajstić information content (AvgIpc) is 2.93. The highest BCUT2D eigenvalue weighted by atomic mass is 16.5. The first-order valence-electron chi connectivity index (χ1n) is 8.90. The Kier molecular flexibility index (Phi) is 5.31. The standard InChI is InChI=1S/C22H23NO4/c1-14(2)20(24)18-19(15-9-5-4-6-10-15)23(22(26)21(18)25)13-16-11-7-8-12-17(16)27-3/h4-12,14,19,25H,13H2,1-3H3. The third-order valence-corrected chi connectivity index (χ3v) is 4.74. The summed E-state index contributed by atoms with van der Waals surface area (Å²) in [5.74, 6) is -0.902. The van der Waals surface area contributed by atoms with Crippen LogP contribution in [0.3, 0.4) is 0 Å². The van der Waals surface area contributed by atoms with Gasteiger partial charge < -0.3 is 14.7 Å². The number of hydrogen-bond donors (Lipinski definition) is 1. The minimum atomic E-state index is -0.626. The number of ether oxygens (including phenoxy) is 1. The van der Waals surface area contributed by atoms with Gasteiger partial charge in [0.1, 0.15) is 5.75 Å². The van der Waals surface area contributed by atoms with Gasteiger partial charge in [-0.15, -0.1) is 0 Å². The molecule has 3 rings (SSSR count). The lowest BCUT2D eigenvalue weighted by molar-refractivity contribution is -0.130. The molecular formula is C22H23NO4. The van der Waals surface area contributed by atoms with E-state index < -0.39 is 17.7 Å². The number of benzene rings is 2. The van der Waals surface area contributed by atoms with E-state index in [2.05, 4.69) is 0 Å². The van der Waals surface area contributed by atoms with Crippen molar-refractivity contribution in [1.82, 2.24) is 4.90 Å². The van der Waals surface area contributed by atoms with E-state index in [0.717, 1.165) is 11.1 Å². The van der Waals surface area contributed by atoms with Crippen LogP contribution in [0.15, 0.2) is 65.9 Å². The molecule has 1 amide bonds. The summed E-state index contributed by atoms with van der Waals surface area (Å²) in [7, 11) is 1.57. The molecule has 0 saturated heterocycles. The molecule has 5 heteroatoms. The molecule has 1 atom stereocenters. The van der Waals surface area contributed by atoms with Crippen LogP contribution < -0.4 is 4.74 Å². The Bertz CT molecular complexity index is 886. The van der Waals surface area contributed by atoms with Crippen LogP contribution in [0.1, 0.15) is 31.0 Å². The van der Waals surface area contributed by atoms with Gasteiger partial charge in [-0.05, 0) is 11.6 Å². The summed E-state index contributed by atoms with van der Waals surface area (Å²) >= 11 is 0. The first-order chi connectivity index (χ1) is 13.0. The van der Waals surface area contributed by atoms with E-state index in [1.54, 1.807) is 21.0 Å². The zero-order chi connectivity index (χ0) is 19.6. The van der Waals surface area contributed by atoms with Gasteiger partial charge in [0.15, 0.2) is 11.5 Å². The van der Waals surface area contributed by atoms with Crippen LogP contribution in [0.2, 0.25) is 0 Å². The fourth-order valence-corrected chi connectivity index (χ4v) is 3.38. The zero-order valence-corrected chi connectivity index (χ0v) is 15.7. The van der Waals surface area contributed by atoms with E-state index in [-0.39, 0.29) is 23.8 Å². The third-order valence-electron chi connectivity index (χ3n) is 4.74. The molecule has 1 aliphatic rings. The molecule has 0 aromatic heterocycles. The summed E-state index contributed by atoms with van der Waals surface area (Å²) in [5, 5.41) is 10.5. The van der Waals surface area contributed by atoms with Crippen molar-refractivity contribution in [3.05, 3.63) is 77.1 Å². The largest absolute Gasteiger partial charge is 0.503 e. The Labute approximate surface area is 158 Å². The number of rotatable bonds is 6. The van der Waals surface area contributed by atoms with Crippen molar-refractivity contribution in [1.29, 1.82) is 0 Å². The van der Waals surface area contributed by atoms with Gasteiger partial charge >= 0.3 is 0 Å². The van der Waals surface area contributed by atoms with Gasteiger partial charge in [0.25, 0.3) is 5.91 Å². The van der Waals surface area contributed by atoms with Gasteiger partial charge in [0, 0.05) is 11.5 Å². The van der Waals surface area contributed by atoms with Crippen LogP contribution in [-0.2, 0) is 16.1 Å². The van der Waals surface area contributed by atoms with Gasteiger partial charge in [-0.1, -0.05) is 62.4 Å². The first kappa shape index (κ1) is 18.7. The monoisotopic (exact) mass is 365 g/mol. The number of aliphatic hydroxyl groups excluding tert-OH is 1. The maximum absolute atomic E-state index is 12.9. The van der Waals surface area contributed by atoms with Gasteiger partial charge in [-0.2, -0.15) is 0 Å². The molecule has 140 valence electrons. The number of carbonyl (C=O) groups excluding carboxylic acids is 2. The number of amides is 1. The van der Waals surface area contributed by atoms with Crippen LogP contribution >= 0.6 is 0 Å². The maximum Gasteiger partial charge on any atom is 0.290 e. The van der Waals surface area contributed by atoms with Crippen LogP contribution in [0, 0.1) is 5.92 Å². The number of para-hydroxylation sites is 1. The number of ketones is 1. The van der Waals surface area contributed by atoms with E-state index in [1.165, 1.54) is 4.90 Å². The normalized spacial score (nSPS) is 17.0. The molecule has 1 aliphatic heterocycles. The second-order valence-corrected chi connectivity index (χ2v) is 6.84. The summed E-state index contributed by atoms with van der Waals surface area (Å²) in [5.41, 5.74) is 1.75. The SMILES string of the molecule is COc1ccccc1CN1C(=O)C(O)=C(C(=O)C(C)C)C1c1ccccc1. The molecule has 2 aromatic rings. The molecule has 0 bridgehead atoms. The minimum absolute atomic E-state index is 0.163. The quantitative estimate of drug-likeness (QED) is 0.845. The van der Waals surface area contributed by atoms with Crippen molar-refractivity contribution in [3.63, 3.8) is 0 Å². The maximum atomic E-state index is 12.9. The summed E-state index contributed by atoms with van der Waals surface area (Å²) in [6, 6.07) is 16.1. The molecule has 1 unspecified atom stereocenters. The molecule has 0 radical (unpaired) electrons. The Morgan fingerprint density at radius 3 is 2.37 bits per heavy atom. The third kappa shape index (κ3) is 3.45.